The number of benzene rings is 2. The summed E-state index contributed by atoms with van der Waals surface area (Å²) in [6.07, 6.45) is 0. The van der Waals surface area contributed by atoms with Crippen molar-refractivity contribution in [3.05, 3.63) is 54.1 Å². The molecule has 0 aromatic heterocycles. The van der Waals surface area contributed by atoms with Gasteiger partial charge in [-0.2, -0.15) is 0 Å². The van der Waals surface area contributed by atoms with Crippen LogP contribution in [0.25, 0.3) is 0 Å². The molecule has 2 aromatic carbocycles. The molecule has 0 bridgehead atoms. The predicted octanol–water partition coefficient (Wildman–Crippen LogP) is 2.21. The number of carbonyl (C=O) groups is 1. The largest absolute Gasteiger partial charge is 0.507 e. The highest BCUT2D eigenvalue weighted by molar-refractivity contribution is 5.96. The highest BCUT2D eigenvalue weighted by Crippen LogP contribution is 2.23. The number of aromatic hydroxyl groups is 1. The number of ether oxygens (including phenoxy) is 2. The van der Waals surface area contributed by atoms with Crippen molar-refractivity contribution in [3.8, 4) is 17.2 Å². The molecule has 0 radical (unpaired) electrons. The highest BCUT2D eigenvalue weighted by atomic mass is 16.5. The summed E-state index contributed by atoms with van der Waals surface area (Å²) in [4.78, 5) is 11.9. The Labute approximate surface area is 123 Å². The Morgan fingerprint density at radius 2 is 1.90 bits per heavy atom. The smallest absolute Gasteiger partial charge is 0.255 e. The van der Waals surface area contributed by atoms with Gasteiger partial charge >= 0.3 is 0 Å². The Kier molecular flexibility index (Phi) is 5.04. The van der Waals surface area contributed by atoms with Gasteiger partial charge in [0.05, 0.1) is 19.2 Å². The molecule has 2 rings (SSSR count). The Morgan fingerprint density at radius 3 is 2.57 bits per heavy atom. The fourth-order valence-corrected chi connectivity index (χ4v) is 1.78. The van der Waals surface area contributed by atoms with Gasteiger partial charge in [-0.25, -0.2) is 0 Å². The maximum Gasteiger partial charge on any atom is 0.255 e. The van der Waals surface area contributed by atoms with E-state index in [9.17, 15) is 9.90 Å². The zero-order chi connectivity index (χ0) is 15.1. The lowest BCUT2D eigenvalue weighted by molar-refractivity contribution is 0.0944. The minimum Gasteiger partial charge on any atom is -0.507 e. The topological polar surface area (TPSA) is 67.8 Å². The van der Waals surface area contributed by atoms with Crippen LogP contribution in [0.5, 0.6) is 17.2 Å². The summed E-state index contributed by atoms with van der Waals surface area (Å²) < 4.78 is 10.4. The summed E-state index contributed by atoms with van der Waals surface area (Å²) in [5.41, 5.74) is 0.204. The van der Waals surface area contributed by atoms with Crippen molar-refractivity contribution < 1.29 is 19.4 Å². The maximum absolute atomic E-state index is 11.9. The maximum atomic E-state index is 11.9. The number of phenols is 1. The van der Waals surface area contributed by atoms with E-state index >= 15 is 0 Å². The fourth-order valence-electron chi connectivity index (χ4n) is 1.78. The van der Waals surface area contributed by atoms with E-state index in [1.165, 1.54) is 19.2 Å². The van der Waals surface area contributed by atoms with E-state index < -0.39 is 0 Å². The third-order valence-corrected chi connectivity index (χ3v) is 2.85. The molecule has 0 spiro atoms. The van der Waals surface area contributed by atoms with E-state index in [-0.39, 0.29) is 17.2 Å². The lowest BCUT2D eigenvalue weighted by Crippen LogP contribution is -2.28. The molecule has 0 aliphatic carbocycles. The lowest BCUT2D eigenvalue weighted by Gasteiger charge is -2.09. The van der Waals surface area contributed by atoms with Gasteiger partial charge < -0.3 is 19.9 Å². The van der Waals surface area contributed by atoms with Gasteiger partial charge in [0.25, 0.3) is 5.91 Å². The van der Waals surface area contributed by atoms with Gasteiger partial charge in [-0.15, -0.1) is 0 Å². The van der Waals surface area contributed by atoms with Crippen molar-refractivity contribution >= 4 is 5.91 Å². The van der Waals surface area contributed by atoms with E-state index in [0.717, 1.165) is 5.75 Å². The first kappa shape index (κ1) is 14.7. The van der Waals surface area contributed by atoms with Crippen molar-refractivity contribution in [1.29, 1.82) is 0 Å². The zero-order valence-corrected chi connectivity index (χ0v) is 11.7. The lowest BCUT2D eigenvalue weighted by atomic mass is 10.2. The van der Waals surface area contributed by atoms with Crippen molar-refractivity contribution in [2.75, 3.05) is 20.3 Å². The van der Waals surface area contributed by atoms with Crippen LogP contribution in [0.4, 0.5) is 0 Å². The summed E-state index contributed by atoms with van der Waals surface area (Å²) in [7, 11) is 1.50. The molecule has 0 heterocycles. The standard InChI is InChI=1S/C16H17NO4/c1-20-13-7-8-14(15(18)11-13)16(19)17-9-10-21-12-5-3-2-4-6-12/h2-8,11,18H,9-10H2,1H3,(H,17,19). The summed E-state index contributed by atoms with van der Waals surface area (Å²) in [5, 5.41) is 12.4. The molecule has 2 N–H and O–H groups in total. The molecule has 0 aliphatic rings. The fraction of sp³-hybridized carbons (Fsp3) is 0.188. The zero-order valence-electron chi connectivity index (χ0n) is 11.7. The Bertz CT molecular complexity index is 598. The van der Waals surface area contributed by atoms with E-state index in [2.05, 4.69) is 5.32 Å². The van der Waals surface area contributed by atoms with E-state index in [1.807, 2.05) is 30.3 Å². The van der Waals surface area contributed by atoms with Crippen molar-refractivity contribution in [2.45, 2.75) is 0 Å². The molecule has 0 saturated heterocycles. The second kappa shape index (κ2) is 7.19. The molecule has 0 fully saturated rings. The molecule has 2 aromatic rings. The van der Waals surface area contributed by atoms with Gasteiger partial charge in [-0.1, -0.05) is 18.2 Å². The van der Waals surface area contributed by atoms with Crippen LogP contribution in [0.3, 0.4) is 0 Å². The van der Waals surface area contributed by atoms with Gasteiger partial charge in [-0.3, -0.25) is 4.79 Å². The van der Waals surface area contributed by atoms with Crippen LogP contribution in [0.2, 0.25) is 0 Å². The minimum atomic E-state index is -0.355. The number of phenolic OH excluding ortho intramolecular Hbond substituents is 1. The number of amides is 1. The number of rotatable bonds is 6. The number of nitrogens with one attached hydrogen (secondary N) is 1. The quantitative estimate of drug-likeness (QED) is 0.799. The number of methoxy groups -OCH3 is 1. The SMILES string of the molecule is COc1ccc(C(=O)NCCOc2ccccc2)c(O)c1. The molecule has 0 aliphatic heterocycles. The molecule has 21 heavy (non-hydrogen) atoms. The van der Waals surface area contributed by atoms with Gasteiger partial charge in [0, 0.05) is 6.07 Å². The molecule has 0 saturated carbocycles. The summed E-state index contributed by atoms with van der Waals surface area (Å²) in [6, 6.07) is 13.9. The van der Waals surface area contributed by atoms with Crippen LogP contribution in [0, 0.1) is 0 Å². The Hall–Kier alpha value is -2.69. The van der Waals surface area contributed by atoms with E-state index in [1.54, 1.807) is 6.07 Å². The minimum absolute atomic E-state index is 0.115. The van der Waals surface area contributed by atoms with Crippen molar-refractivity contribution in [3.63, 3.8) is 0 Å². The highest BCUT2D eigenvalue weighted by Gasteiger charge is 2.11. The van der Waals surface area contributed by atoms with Crippen LogP contribution in [0.15, 0.2) is 48.5 Å². The molecule has 5 heteroatoms. The first-order valence-electron chi connectivity index (χ1n) is 6.54. The first-order chi connectivity index (χ1) is 10.2. The third-order valence-electron chi connectivity index (χ3n) is 2.85. The second-order valence-corrected chi connectivity index (χ2v) is 4.30. The number of para-hydroxylation sites is 1. The molecule has 110 valence electrons. The van der Waals surface area contributed by atoms with Gasteiger partial charge in [0.15, 0.2) is 0 Å². The molecular weight excluding hydrogens is 270 g/mol. The van der Waals surface area contributed by atoms with Crippen molar-refractivity contribution in [2.24, 2.45) is 0 Å². The average molecular weight is 287 g/mol. The van der Waals surface area contributed by atoms with Crippen LogP contribution >= 0.6 is 0 Å². The number of hydrogen-bond acceptors (Lipinski definition) is 4. The van der Waals surface area contributed by atoms with E-state index in [0.29, 0.717) is 18.9 Å². The van der Waals surface area contributed by atoms with Crippen LogP contribution in [-0.4, -0.2) is 31.3 Å². The predicted molar refractivity (Wildman–Crippen MR) is 78.9 cm³/mol. The van der Waals surface area contributed by atoms with Crippen LogP contribution in [-0.2, 0) is 0 Å². The molecular formula is C16H17NO4. The third kappa shape index (κ3) is 4.14. The number of hydrogen-bond donors (Lipinski definition) is 2. The van der Waals surface area contributed by atoms with Crippen LogP contribution in [0.1, 0.15) is 10.4 Å². The van der Waals surface area contributed by atoms with E-state index in [4.69, 9.17) is 9.47 Å². The van der Waals surface area contributed by atoms with Gasteiger partial charge in [0.1, 0.15) is 23.9 Å². The summed E-state index contributed by atoms with van der Waals surface area (Å²) in [5.74, 6) is 0.776. The average Bonchev–Trinajstić information content (AvgIpc) is 2.52. The Balaban J connectivity index is 1.82. The second-order valence-electron chi connectivity index (χ2n) is 4.30. The molecule has 0 atom stereocenters. The molecule has 1 amide bonds. The number of carbonyl (C=O) groups excluding carboxylic acids is 1. The summed E-state index contributed by atoms with van der Waals surface area (Å²) >= 11 is 0. The first-order valence-corrected chi connectivity index (χ1v) is 6.54. The Morgan fingerprint density at radius 1 is 1.14 bits per heavy atom. The van der Waals surface area contributed by atoms with Crippen LogP contribution < -0.4 is 14.8 Å². The van der Waals surface area contributed by atoms with Gasteiger partial charge in [0.2, 0.25) is 0 Å². The summed E-state index contributed by atoms with van der Waals surface area (Å²) in [6.45, 7) is 0.700. The van der Waals surface area contributed by atoms with Gasteiger partial charge in [-0.05, 0) is 24.3 Å². The van der Waals surface area contributed by atoms with Crippen molar-refractivity contribution in [1.82, 2.24) is 5.32 Å². The monoisotopic (exact) mass is 287 g/mol. The molecule has 0 unspecified atom stereocenters. The molecule has 5 nitrogen and oxygen atoms in total. The normalized spacial score (nSPS) is 9.95.